The molecule has 0 unspecified atom stereocenters. The van der Waals surface area contributed by atoms with Crippen LogP contribution in [0.5, 0.6) is 0 Å². The van der Waals surface area contributed by atoms with Crippen LogP contribution >= 0.6 is 0 Å². The average Bonchev–Trinajstić information content (AvgIpc) is 2.57. The number of hydrogen-bond acceptors (Lipinski definition) is 3. The molecule has 0 aromatic rings. The van der Waals surface area contributed by atoms with Crippen LogP contribution in [-0.4, -0.2) is 18.9 Å². The van der Waals surface area contributed by atoms with Gasteiger partial charge in [-0.25, -0.2) is 0 Å². The van der Waals surface area contributed by atoms with Gasteiger partial charge in [-0.15, -0.1) is 0 Å². The first-order valence-corrected chi connectivity index (χ1v) is 5.79. The van der Waals surface area contributed by atoms with E-state index in [0.29, 0.717) is 6.42 Å². The van der Waals surface area contributed by atoms with Crippen molar-refractivity contribution in [2.75, 3.05) is 7.11 Å². The summed E-state index contributed by atoms with van der Waals surface area (Å²) < 4.78 is 4.78. The summed E-state index contributed by atoms with van der Waals surface area (Å²) in [5, 5.41) is 0. The van der Waals surface area contributed by atoms with Crippen molar-refractivity contribution >= 4 is 11.8 Å². The Kier molecular flexibility index (Phi) is 3.89. The second-order valence-corrected chi connectivity index (χ2v) is 4.50. The number of methoxy groups -OCH3 is 1. The van der Waals surface area contributed by atoms with Crippen LogP contribution in [0, 0.1) is 11.3 Å². The van der Waals surface area contributed by atoms with E-state index in [4.69, 9.17) is 4.74 Å². The molecule has 1 rings (SSSR count). The summed E-state index contributed by atoms with van der Waals surface area (Å²) in [7, 11) is 1.33. The third-order valence-corrected chi connectivity index (χ3v) is 3.68. The summed E-state index contributed by atoms with van der Waals surface area (Å²) in [6, 6.07) is 0. The quantitative estimate of drug-likeness (QED) is 0.418. The zero-order chi connectivity index (χ0) is 12.3. The third-order valence-electron chi connectivity index (χ3n) is 3.68. The molecule has 1 aliphatic carbocycles. The van der Waals surface area contributed by atoms with Gasteiger partial charge in [0.05, 0.1) is 7.11 Å². The molecule has 90 valence electrons. The van der Waals surface area contributed by atoms with Crippen molar-refractivity contribution in [1.82, 2.24) is 0 Å². The molecule has 0 aromatic heterocycles. The van der Waals surface area contributed by atoms with Crippen molar-refractivity contribution in [2.45, 2.75) is 39.5 Å². The Labute approximate surface area is 96.9 Å². The summed E-state index contributed by atoms with van der Waals surface area (Å²) in [6.45, 7) is 7.53. The summed E-state index contributed by atoms with van der Waals surface area (Å²) >= 11 is 0. The van der Waals surface area contributed by atoms with Gasteiger partial charge >= 0.3 is 5.97 Å². The molecule has 0 bridgehead atoms. The van der Waals surface area contributed by atoms with E-state index in [0.717, 1.165) is 24.8 Å². The minimum Gasteiger partial charge on any atom is -0.468 e. The van der Waals surface area contributed by atoms with Gasteiger partial charge in [0.2, 0.25) is 0 Å². The maximum Gasteiger partial charge on any atom is 0.323 e. The summed E-state index contributed by atoms with van der Waals surface area (Å²) in [4.78, 5) is 23.6. The Morgan fingerprint density at radius 2 is 2.19 bits per heavy atom. The second kappa shape index (κ2) is 4.81. The van der Waals surface area contributed by atoms with E-state index in [1.165, 1.54) is 14.0 Å². The van der Waals surface area contributed by atoms with E-state index in [2.05, 4.69) is 13.5 Å². The van der Waals surface area contributed by atoms with Crippen molar-refractivity contribution < 1.29 is 14.3 Å². The number of esters is 1. The van der Waals surface area contributed by atoms with E-state index in [1.807, 2.05) is 0 Å². The van der Waals surface area contributed by atoms with Gasteiger partial charge in [-0.3, -0.25) is 9.59 Å². The molecule has 0 radical (unpaired) electrons. The number of Topliss-reactive ketones (excluding diaryl/α,β-unsaturated/α-hetero) is 1. The fourth-order valence-corrected chi connectivity index (χ4v) is 2.69. The van der Waals surface area contributed by atoms with Gasteiger partial charge in [-0.2, -0.15) is 0 Å². The predicted molar refractivity (Wildman–Crippen MR) is 61.9 cm³/mol. The fraction of sp³-hybridized carbons (Fsp3) is 0.692. The summed E-state index contributed by atoms with van der Waals surface area (Å²) in [5.74, 6) is -0.292. The maximum absolute atomic E-state index is 11.8. The Balaban J connectivity index is 3.02. The van der Waals surface area contributed by atoms with Crippen LogP contribution in [0.1, 0.15) is 39.5 Å². The number of ketones is 1. The monoisotopic (exact) mass is 224 g/mol. The highest BCUT2D eigenvalue weighted by molar-refractivity contribution is 6.06. The predicted octanol–water partition coefficient (Wildman–Crippen LogP) is 2.50. The van der Waals surface area contributed by atoms with Crippen molar-refractivity contribution in [2.24, 2.45) is 11.3 Å². The largest absolute Gasteiger partial charge is 0.468 e. The topological polar surface area (TPSA) is 43.4 Å². The Morgan fingerprint density at radius 3 is 2.62 bits per heavy atom. The van der Waals surface area contributed by atoms with Crippen LogP contribution in [0.15, 0.2) is 12.2 Å². The van der Waals surface area contributed by atoms with E-state index in [1.54, 1.807) is 0 Å². The first-order chi connectivity index (χ1) is 7.50. The molecular formula is C13H20O3. The number of hydrogen-bond donors (Lipinski definition) is 0. The molecule has 1 fully saturated rings. The summed E-state index contributed by atoms with van der Waals surface area (Å²) in [6.07, 6.45) is 3.45. The molecule has 3 heteroatoms. The average molecular weight is 224 g/mol. The van der Waals surface area contributed by atoms with Crippen molar-refractivity contribution in [3.05, 3.63) is 12.2 Å². The molecule has 0 N–H and O–H groups in total. The number of carbonyl (C=O) groups excluding carboxylic acids is 2. The van der Waals surface area contributed by atoms with Crippen LogP contribution in [0.25, 0.3) is 0 Å². The Morgan fingerprint density at radius 1 is 1.56 bits per heavy atom. The molecule has 1 saturated carbocycles. The molecule has 0 aromatic carbocycles. The molecule has 0 spiro atoms. The molecule has 0 heterocycles. The van der Waals surface area contributed by atoms with Crippen LogP contribution in [0.4, 0.5) is 0 Å². The lowest BCUT2D eigenvalue weighted by Gasteiger charge is -2.25. The molecule has 3 nitrogen and oxygen atoms in total. The minimum absolute atomic E-state index is 0.136. The van der Waals surface area contributed by atoms with Crippen LogP contribution in [0.2, 0.25) is 0 Å². The van der Waals surface area contributed by atoms with E-state index >= 15 is 0 Å². The van der Waals surface area contributed by atoms with E-state index in [-0.39, 0.29) is 11.7 Å². The van der Waals surface area contributed by atoms with E-state index < -0.39 is 11.4 Å². The van der Waals surface area contributed by atoms with Crippen LogP contribution in [0.3, 0.4) is 0 Å². The standard InChI is InChI=1S/C13H20O3/c1-5-6-11-7-8-13(9(11)2,10(3)14)12(15)16-4/h11H,2,5-8H2,1,3-4H3/t11-,13-/m1/s1. The highest BCUT2D eigenvalue weighted by Gasteiger charge is 2.52. The number of carbonyl (C=O) groups is 2. The highest BCUT2D eigenvalue weighted by atomic mass is 16.5. The van der Waals surface area contributed by atoms with Gasteiger partial charge in [0.1, 0.15) is 5.41 Å². The smallest absolute Gasteiger partial charge is 0.323 e. The number of ether oxygens (including phenoxy) is 1. The lowest BCUT2D eigenvalue weighted by Crippen LogP contribution is -2.38. The first kappa shape index (κ1) is 12.9. The molecule has 16 heavy (non-hydrogen) atoms. The number of rotatable bonds is 4. The molecule has 0 aliphatic heterocycles. The van der Waals surface area contributed by atoms with Gasteiger partial charge in [-0.05, 0) is 37.7 Å². The van der Waals surface area contributed by atoms with Gasteiger partial charge in [0, 0.05) is 0 Å². The van der Waals surface area contributed by atoms with Crippen molar-refractivity contribution in [1.29, 1.82) is 0 Å². The van der Waals surface area contributed by atoms with Gasteiger partial charge in [0.15, 0.2) is 5.78 Å². The van der Waals surface area contributed by atoms with E-state index in [9.17, 15) is 9.59 Å². The van der Waals surface area contributed by atoms with Gasteiger partial charge in [0.25, 0.3) is 0 Å². The second-order valence-electron chi connectivity index (χ2n) is 4.50. The van der Waals surface area contributed by atoms with Crippen LogP contribution < -0.4 is 0 Å². The highest BCUT2D eigenvalue weighted by Crippen LogP contribution is 2.48. The molecular weight excluding hydrogens is 204 g/mol. The summed E-state index contributed by atoms with van der Waals surface area (Å²) in [5.41, 5.74) is -0.303. The normalized spacial score (nSPS) is 29.2. The maximum atomic E-state index is 11.8. The van der Waals surface area contributed by atoms with Gasteiger partial charge < -0.3 is 4.74 Å². The first-order valence-electron chi connectivity index (χ1n) is 5.79. The lowest BCUT2D eigenvalue weighted by molar-refractivity contribution is -0.154. The third kappa shape index (κ3) is 1.79. The lowest BCUT2D eigenvalue weighted by atomic mass is 9.77. The van der Waals surface area contributed by atoms with Crippen molar-refractivity contribution in [3.8, 4) is 0 Å². The SMILES string of the molecule is C=C1[C@H](CCC)CC[C@@]1(C(C)=O)C(=O)OC. The Hall–Kier alpha value is -1.12. The van der Waals surface area contributed by atoms with Crippen LogP contribution in [-0.2, 0) is 14.3 Å². The molecule has 2 atom stereocenters. The Bertz CT molecular complexity index is 319. The molecule has 0 amide bonds. The zero-order valence-corrected chi connectivity index (χ0v) is 10.3. The zero-order valence-electron chi connectivity index (χ0n) is 10.3. The molecule has 0 saturated heterocycles. The van der Waals surface area contributed by atoms with Crippen molar-refractivity contribution in [3.63, 3.8) is 0 Å². The van der Waals surface area contributed by atoms with Gasteiger partial charge in [-0.1, -0.05) is 19.9 Å². The minimum atomic E-state index is -1.06. The fourth-order valence-electron chi connectivity index (χ4n) is 2.69. The molecule has 1 aliphatic rings.